The third-order valence-electron chi connectivity index (χ3n) is 4.11. The van der Waals surface area contributed by atoms with E-state index >= 15 is 0 Å². The minimum absolute atomic E-state index is 0.103. The number of hydrogen-bond acceptors (Lipinski definition) is 3. The molecule has 0 spiro atoms. The number of para-hydroxylation sites is 1. The van der Waals surface area contributed by atoms with Gasteiger partial charge in [-0.2, -0.15) is 0 Å². The molecule has 128 valence electrons. The fraction of sp³-hybridized carbons (Fsp3) is 0.368. The number of hydrogen-bond donors (Lipinski definition) is 1. The molecule has 2 rings (SSSR count). The van der Waals surface area contributed by atoms with Crippen molar-refractivity contribution in [3.63, 3.8) is 0 Å². The summed E-state index contributed by atoms with van der Waals surface area (Å²) in [5.74, 6) is -0.761. The van der Waals surface area contributed by atoms with Gasteiger partial charge < -0.3 is 14.6 Å². The number of carbonyl (C=O) groups excluding carboxylic acids is 2. The number of carbonyl (C=O) groups is 2. The summed E-state index contributed by atoms with van der Waals surface area (Å²) < 4.78 is 7.14. The number of nitrogens with one attached hydrogen (secondary N) is 1. The predicted molar refractivity (Wildman–Crippen MR) is 94.0 cm³/mol. The first-order chi connectivity index (χ1) is 11.3. The van der Waals surface area contributed by atoms with Gasteiger partial charge in [0.2, 0.25) is 0 Å². The lowest BCUT2D eigenvalue weighted by atomic mass is 10.1. The van der Waals surface area contributed by atoms with Gasteiger partial charge in [-0.3, -0.25) is 9.59 Å². The number of aryl methyl sites for hydroxylation is 4. The molecule has 0 aliphatic rings. The summed E-state index contributed by atoms with van der Waals surface area (Å²) in [4.78, 5) is 24.4. The Morgan fingerprint density at radius 3 is 2.12 bits per heavy atom. The van der Waals surface area contributed by atoms with Crippen molar-refractivity contribution in [3.8, 4) is 0 Å². The SMILES string of the molecule is Cc1cccc(C)c1NC(=O)C(C)OC(=O)Cn1c(C)ccc1C. The number of rotatable bonds is 5. The van der Waals surface area contributed by atoms with Crippen LogP contribution in [0.2, 0.25) is 0 Å². The van der Waals surface area contributed by atoms with Gasteiger partial charge in [0.05, 0.1) is 0 Å². The monoisotopic (exact) mass is 328 g/mol. The van der Waals surface area contributed by atoms with Gasteiger partial charge in [0.1, 0.15) is 6.54 Å². The number of nitrogens with zero attached hydrogens (tertiary/aromatic N) is 1. The summed E-state index contributed by atoms with van der Waals surface area (Å²) in [6.45, 7) is 9.39. The zero-order chi connectivity index (χ0) is 17.9. The van der Waals surface area contributed by atoms with Gasteiger partial charge in [-0.1, -0.05) is 18.2 Å². The van der Waals surface area contributed by atoms with E-state index in [0.717, 1.165) is 28.2 Å². The van der Waals surface area contributed by atoms with Crippen molar-refractivity contribution in [1.29, 1.82) is 0 Å². The Morgan fingerprint density at radius 1 is 1.04 bits per heavy atom. The van der Waals surface area contributed by atoms with Crippen LogP contribution in [0.5, 0.6) is 0 Å². The summed E-state index contributed by atoms with van der Waals surface area (Å²) in [5.41, 5.74) is 4.68. The molecular weight excluding hydrogens is 304 g/mol. The van der Waals surface area contributed by atoms with E-state index in [9.17, 15) is 9.59 Å². The normalized spacial score (nSPS) is 11.9. The Morgan fingerprint density at radius 2 is 1.58 bits per heavy atom. The molecule has 0 aliphatic carbocycles. The second-order valence-electron chi connectivity index (χ2n) is 6.09. The fourth-order valence-corrected chi connectivity index (χ4v) is 2.60. The van der Waals surface area contributed by atoms with Crippen molar-refractivity contribution in [2.75, 3.05) is 5.32 Å². The summed E-state index contributed by atoms with van der Waals surface area (Å²) in [5, 5.41) is 2.84. The highest BCUT2D eigenvalue weighted by Crippen LogP contribution is 2.19. The summed E-state index contributed by atoms with van der Waals surface area (Å²) >= 11 is 0. The smallest absolute Gasteiger partial charge is 0.326 e. The van der Waals surface area contributed by atoms with Gasteiger partial charge in [-0.25, -0.2) is 0 Å². The average Bonchev–Trinajstić information content (AvgIpc) is 2.82. The molecule has 24 heavy (non-hydrogen) atoms. The third kappa shape index (κ3) is 4.04. The molecule has 1 aromatic heterocycles. The maximum atomic E-state index is 12.3. The first-order valence-corrected chi connectivity index (χ1v) is 7.99. The van der Waals surface area contributed by atoms with Crippen LogP contribution >= 0.6 is 0 Å². The minimum atomic E-state index is -0.854. The standard InChI is InChI=1S/C19H24N2O3/c1-12-7-6-8-13(2)18(12)20-19(23)16(5)24-17(22)11-21-14(3)9-10-15(21)4/h6-10,16H,11H2,1-5H3,(H,20,23). The number of benzene rings is 1. The van der Waals surface area contributed by atoms with Crippen LogP contribution in [0.3, 0.4) is 0 Å². The van der Waals surface area contributed by atoms with Crippen molar-refractivity contribution < 1.29 is 14.3 Å². The molecule has 2 aromatic rings. The summed E-state index contributed by atoms with van der Waals surface area (Å²) in [6, 6.07) is 9.68. The molecule has 0 saturated heterocycles. The largest absolute Gasteiger partial charge is 0.451 e. The van der Waals surface area contributed by atoms with Crippen LogP contribution in [0, 0.1) is 27.7 Å². The van der Waals surface area contributed by atoms with E-state index in [1.54, 1.807) is 6.92 Å². The molecule has 1 atom stereocenters. The molecule has 1 aromatic carbocycles. The summed E-state index contributed by atoms with van der Waals surface area (Å²) in [6.07, 6.45) is -0.854. The Bertz CT molecular complexity index is 722. The van der Waals surface area contributed by atoms with Crippen molar-refractivity contribution >= 4 is 17.6 Å². The maximum absolute atomic E-state index is 12.3. The molecule has 0 bridgehead atoms. The molecule has 5 nitrogen and oxygen atoms in total. The number of amides is 1. The van der Waals surface area contributed by atoms with Crippen molar-refractivity contribution in [2.45, 2.75) is 47.3 Å². The second kappa shape index (κ2) is 7.34. The number of anilines is 1. The fourth-order valence-electron chi connectivity index (χ4n) is 2.60. The molecule has 0 saturated carbocycles. The summed E-state index contributed by atoms with van der Waals surface area (Å²) in [7, 11) is 0. The van der Waals surface area contributed by atoms with E-state index in [2.05, 4.69) is 5.32 Å². The highest BCUT2D eigenvalue weighted by molar-refractivity contribution is 5.96. The molecule has 0 aliphatic heterocycles. The molecule has 5 heteroatoms. The zero-order valence-corrected chi connectivity index (χ0v) is 14.8. The molecule has 0 radical (unpaired) electrons. The second-order valence-corrected chi connectivity index (χ2v) is 6.09. The molecule has 1 N–H and O–H groups in total. The average molecular weight is 328 g/mol. The molecule has 0 fully saturated rings. The van der Waals surface area contributed by atoms with E-state index in [-0.39, 0.29) is 12.5 Å². The van der Waals surface area contributed by atoms with Crippen molar-refractivity contribution in [2.24, 2.45) is 0 Å². The van der Waals surface area contributed by atoms with Crippen LogP contribution in [0.25, 0.3) is 0 Å². The topological polar surface area (TPSA) is 60.3 Å². The molecule has 1 heterocycles. The van der Waals surface area contributed by atoms with E-state index in [1.807, 2.05) is 62.6 Å². The first-order valence-electron chi connectivity index (χ1n) is 7.99. The lowest BCUT2D eigenvalue weighted by Crippen LogP contribution is -2.31. The quantitative estimate of drug-likeness (QED) is 0.857. The van der Waals surface area contributed by atoms with Crippen molar-refractivity contribution in [1.82, 2.24) is 4.57 Å². The zero-order valence-electron chi connectivity index (χ0n) is 14.8. The Hall–Kier alpha value is -2.56. The third-order valence-corrected chi connectivity index (χ3v) is 4.11. The number of ether oxygens (including phenoxy) is 1. The van der Waals surface area contributed by atoms with Gasteiger partial charge in [-0.15, -0.1) is 0 Å². The predicted octanol–water partition coefficient (Wildman–Crippen LogP) is 3.29. The first kappa shape index (κ1) is 17.8. The van der Waals surface area contributed by atoms with E-state index in [4.69, 9.17) is 4.74 Å². The number of esters is 1. The lowest BCUT2D eigenvalue weighted by Gasteiger charge is -2.17. The van der Waals surface area contributed by atoms with Gasteiger partial charge in [-0.05, 0) is 57.9 Å². The lowest BCUT2D eigenvalue weighted by molar-refractivity contribution is -0.153. The van der Waals surface area contributed by atoms with Gasteiger partial charge in [0, 0.05) is 17.1 Å². The highest BCUT2D eigenvalue weighted by Gasteiger charge is 2.20. The van der Waals surface area contributed by atoms with Crippen LogP contribution in [0.15, 0.2) is 30.3 Å². The van der Waals surface area contributed by atoms with Crippen LogP contribution in [-0.4, -0.2) is 22.5 Å². The van der Waals surface area contributed by atoms with E-state index in [1.165, 1.54) is 0 Å². The van der Waals surface area contributed by atoms with E-state index in [0.29, 0.717) is 0 Å². The van der Waals surface area contributed by atoms with Crippen LogP contribution in [-0.2, 0) is 20.9 Å². The Kier molecular flexibility index (Phi) is 5.44. The minimum Gasteiger partial charge on any atom is -0.451 e. The Labute approximate surface area is 142 Å². The molecule has 1 unspecified atom stereocenters. The van der Waals surface area contributed by atoms with Crippen LogP contribution in [0.4, 0.5) is 5.69 Å². The number of aromatic nitrogens is 1. The van der Waals surface area contributed by atoms with E-state index < -0.39 is 12.1 Å². The maximum Gasteiger partial charge on any atom is 0.326 e. The van der Waals surface area contributed by atoms with Gasteiger partial charge in [0.15, 0.2) is 6.10 Å². The van der Waals surface area contributed by atoms with Crippen LogP contribution < -0.4 is 5.32 Å². The van der Waals surface area contributed by atoms with Gasteiger partial charge >= 0.3 is 5.97 Å². The van der Waals surface area contributed by atoms with Gasteiger partial charge in [0.25, 0.3) is 5.91 Å². The van der Waals surface area contributed by atoms with Crippen molar-refractivity contribution in [3.05, 3.63) is 52.8 Å². The highest BCUT2D eigenvalue weighted by atomic mass is 16.5. The van der Waals surface area contributed by atoms with Crippen LogP contribution in [0.1, 0.15) is 29.4 Å². The Balaban J connectivity index is 1.97. The molecular formula is C19H24N2O3. The molecule has 1 amide bonds.